The van der Waals surface area contributed by atoms with Crippen LogP contribution in [-0.2, 0) is 11.2 Å². The molecule has 0 saturated carbocycles. The average molecular weight is 374 g/mol. The maximum atomic E-state index is 12.4. The van der Waals surface area contributed by atoms with E-state index in [1.165, 1.54) is 5.56 Å². The number of para-hydroxylation sites is 1. The zero-order valence-corrected chi connectivity index (χ0v) is 15.7. The smallest absolute Gasteiger partial charge is 0.226 e. The molecule has 134 valence electrons. The maximum Gasteiger partial charge on any atom is 0.226 e. The Kier molecular flexibility index (Phi) is 3.79. The lowest BCUT2D eigenvalue weighted by Gasteiger charge is -2.23. The molecule has 0 radical (unpaired) electrons. The summed E-state index contributed by atoms with van der Waals surface area (Å²) in [6.45, 7) is 2.14. The van der Waals surface area contributed by atoms with Crippen LogP contribution in [0.3, 0.4) is 0 Å². The third kappa shape index (κ3) is 2.73. The fourth-order valence-corrected chi connectivity index (χ4v) is 4.53. The van der Waals surface area contributed by atoms with E-state index in [9.17, 15) is 4.79 Å². The molecule has 1 amide bonds. The first-order valence-corrected chi connectivity index (χ1v) is 9.87. The molecular weight excluding hydrogens is 356 g/mol. The van der Waals surface area contributed by atoms with Crippen molar-refractivity contribution in [3.63, 3.8) is 0 Å². The first-order chi connectivity index (χ1) is 13.2. The molecule has 3 heterocycles. The predicted octanol–water partition coefficient (Wildman–Crippen LogP) is 4.52. The quantitative estimate of drug-likeness (QED) is 0.574. The SMILES string of the molecule is CCc1ccc(C2CC(=O)Nc3c2cnn3-c2nc3ccccc3s2)cc1. The summed E-state index contributed by atoms with van der Waals surface area (Å²) in [7, 11) is 0. The second-order valence-corrected chi connectivity index (χ2v) is 7.73. The Morgan fingerprint density at radius 3 is 2.78 bits per heavy atom. The van der Waals surface area contributed by atoms with Gasteiger partial charge >= 0.3 is 0 Å². The van der Waals surface area contributed by atoms with Gasteiger partial charge in [-0.05, 0) is 29.7 Å². The van der Waals surface area contributed by atoms with Crippen molar-refractivity contribution in [1.82, 2.24) is 14.8 Å². The number of anilines is 1. The van der Waals surface area contributed by atoms with Crippen molar-refractivity contribution in [2.45, 2.75) is 25.7 Å². The van der Waals surface area contributed by atoms with Crippen LogP contribution in [-0.4, -0.2) is 20.7 Å². The van der Waals surface area contributed by atoms with E-state index in [0.717, 1.165) is 38.7 Å². The van der Waals surface area contributed by atoms with E-state index in [4.69, 9.17) is 0 Å². The first kappa shape index (κ1) is 16.2. The van der Waals surface area contributed by atoms with Crippen molar-refractivity contribution in [2.75, 3.05) is 5.32 Å². The largest absolute Gasteiger partial charge is 0.310 e. The van der Waals surface area contributed by atoms with Crippen LogP contribution in [0.4, 0.5) is 5.82 Å². The lowest BCUT2D eigenvalue weighted by Crippen LogP contribution is -2.24. The number of aromatic nitrogens is 3. The molecule has 1 atom stereocenters. The Labute approximate surface area is 160 Å². The maximum absolute atomic E-state index is 12.4. The molecule has 2 aromatic carbocycles. The third-order valence-corrected chi connectivity index (χ3v) is 6.09. The molecule has 5 nitrogen and oxygen atoms in total. The summed E-state index contributed by atoms with van der Waals surface area (Å²) in [4.78, 5) is 17.1. The number of amides is 1. The highest BCUT2D eigenvalue weighted by molar-refractivity contribution is 7.20. The topological polar surface area (TPSA) is 59.8 Å². The second kappa shape index (κ2) is 6.32. The van der Waals surface area contributed by atoms with Crippen molar-refractivity contribution < 1.29 is 4.79 Å². The molecule has 0 bridgehead atoms. The van der Waals surface area contributed by atoms with Crippen LogP contribution in [0.25, 0.3) is 15.3 Å². The minimum atomic E-state index is 0.00919. The lowest BCUT2D eigenvalue weighted by atomic mass is 9.87. The Morgan fingerprint density at radius 1 is 1.19 bits per heavy atom. The molecule has 1 aliphatic rings. The van der Waals surface area contributed by atoms with Gasteiger partial charge in [0.25, 0.3) is 0 Å². The number of aryl methyl sites for hydroxylation is 1. The molecular formula is C21H18N4OS. The Hall–Kier alpha value is -2.99. The van der Waals surface area contributed by atoms with Gasteiger partial charge in [0.1, 0.15) is 5.82 Å². The molecule has 0 saturated heterocycles. The second-order valence-electron chi connectivity index (χ2n) is 6.72. The number of nitrogens with one attached hydrogen (secondary N) is 1. The fourth-order valence-electron chi connectivity index (χ4n) is 3.60. The fraction of sp³-hybridized carbons (Fsp3) is 0.190. The summed E-state index contributed by atoms with van der Waals surface area (Å²) in [6.07, 6.45) is 3.30. The number of nitrogens with zero attached hydrogens (tertiary/aromatic N) is 3. The van der Waals surface area contributed by atoms with E-state index < -0.39 is 0 Å². The Morgan fingerprint density at radius 2 is 2.00 bits per heavy atom. The summed E-state index contributed by atoms with van der Waals surface area (Å²) in [5.74, 6) is 0.757. The number of carbonyl (C=O) groups is 1. The van der Waals surface area contributed by atoms with Crippen LogP contribution >= 0.6 is 11.3 Å². The number of hydrogen-bond acceptors (Lipinski definition) is 4. The molecule has 5 rings (SSSR count). The van der Waals surface area contributed by atoms with E-state index in [-0.39, 0.29) is 11.8 Å². The summed E-state index contributed by atoms with van der Waals surface area (Å²) in [5.41, 5.74) is 4.42. The standard InChI is InChI=1S/C21H18N4OS/c1-2-13-7-9-14(10-8-13)15-11-19(26)24-20-16(15)12-22-25(20)21-23-17-5-3-4-6-18(17)27-21/h3-10,12,15H,2,11H2,1H3,(H,24,26). The average Bonchev–Trinajstić information content (AvgIpc) is 3.31. The van der Waals surface area contributed by atoms with Gasteiger partial charge in [0, 0.05) is 17.9 Å². The molecule has 0 spiro atoms. The minimum Gasteiger partial charge on any atom is -0.310 e. The molecule has 4 aromatic rings. The molecule has 1 N–H and O–H groups in total. The minimum absolute atomic E-state index is 0.00919. The molecule has 0 aliphatic carbocycles. The summed E-state index contributed by atoms with van der Waals surface area (Å²) in [5, 5.41) is 8.32. The van der Waals surface area contributed by atoms with Crippen molar-refractivity contribution in [3.8, 4) is 5.13 Å². The monoisotopic (exact) mass is 374 g/mol. The Bertz CT molecular complexity index is 1110. The number of rotatable bonds is 3. The van der Waals surface area contributed by atoms with E-state index in [1.807, 2.05) is 30.5 Å². The third-order valence-electron chi connectivity index (χ3n) is 5.07. The number of fused-ring (bicyclic) bond motifs is 2. The van der Waals surface area contributed by atoms with Crippen molar-refractivity contribution in [1.29, 1.82) is 0 Å². The van der Waals surface area contributed by atoms with Crippen molar-refractivity contribution in [3.05, 3.63) is 71.4 Å². The molecule has 2 aromatic heterocycles. The van der Waals surface area contributed by atoms with Gasteiger partial charge in [0.15, 0.2) is 0 Å². The van der Waals surface area contributed by atoms with Gasteiger partial charge in [0.05, 0.1) is 16.4 Å². The van der Waals surface area contributed by atoms with Gasteiger partial charge < -0.3 is 5.32 Å². The van der Waals surface area contributed by atoms with E-state index in [1.54, 1.807) is 16.0 Å². The molecule has 6 heteroatoms. The Balaban J connectivity index is 1.59. The van der Waals surface area contributed by atoms with Gasteiger partial charge in [0.2, 0.25) is 11.0 Å². The zero-order valence-electron chi connectivity index (χ0n) is 14.8. The highest BCUT2D eigenvalue weighted by atomic mass is 32.1. The van der Waals surface area contributed by atoms with E-state index >= 15 is 0 Å². The molecule has 1 aliphatic heterocycles. The predicted molar refractivity (Wildman–Crippen MR) is 108 cm³/mol. The van der Waals surface area contributed by atoms with Gasteiger partial charge in [-0.15, -0.1) is 0 Å². The van der Waals surface area contributed by atoms with Crippen LogP contribution in [0.1, 0.15) is 36.0 Å². The van der Waals surface area contributed by atoms with Crippen LogP contribution in [0.2, 0.25) is 0 Å². The van der Waals surface area contributed by atoms with Crippen LogP contribution in [0.5, 0.6) is 0 Å². The molecule has 0 fully saturated rings. The van der Waals surface area contributed by atoms with Crippen LogP contribution in [0.15, 0.2) is 54.7 Å². The van der Waals surface area contributed by atoms with E-state index in [2.05, 4.69) is 46.6 Å². The normalized spacial score (nSPS) is 16.3. The zero-order chi connectivity index (χ0) is 18.4. The summed E-state index contributed by atoms with van der Waals surface area (Å²) < 4.78 is 2.86. The van der Waals surface area contributed by atoms with Gasteiger partial charge in [-0.25, -0.2) is 4.98 Å². The molecule has 1 unspecified atom stereocenters. The molecule has 27 heavy (non-hydrogen) atoms. The van der Waals surface area contributed by atoms with Crippen molar-refractivity contribution >= 4 is 33.3 Å². The lowest BCUT2D eigenvalue weighted by molar-refractivity contribution is -0.116. The highest BCUT2D eigenvalue weighted by Crippen LogP contribution is 2.39. The number of hydrogen-bond donors (Lipinski definition) is 1. The van der Waals surface area contributed by atoms with Crippen LogP contribution < -0.4 is 5.32 Å². The first-order valence-electron chi connectivity index (χ1n) is 9.05. The van der Waals surface area contributed by atoms with Gasteiger partial charge in [-0.3, -0.25) is 4.79 Å². The number of thiazole rings is 1. The number of benzene rings is 2. The van der Waals surface area contributed by atoms with Crippen molar-refractivity contribution in [2.24, 2.45) is 0 Å². The van der Waals surface area contributed by atoms with Gasteiger partial charge in [-0.2, -0.15) is 9.78 Å². The summed E-state index contributed by atoms with van der Waals surface area (Å²) >= 11 is 1.57. The van der Waals surface area contributed by atoms with E-state index in [0.29, 0.717) is 6.42 Å². The van der Waals surface area contributed by atoms with Gasteiger partial charge in [-0.1, -0.05) is 54.7 Å². The number of carbonyl (C=O) groups excluding carboxylic acids is 1. The van der Waals surface area contributed by atoms with Crippen LogP contribution in [0, 0.1) is 0 Å². The highest BCUT2D eigenvalue weighted by Gasteiger charge is 2.31. The summed E-state index contributed by atoms with van der Waals surface area (Å²) in [6, 6.07) is 16.5.